The molecule has 0 radical (unpaired) electrons. The van der Waals surface area contributed by atoms with Crippen molar-refractivity contribution in [3.63, 3.8) is 0 Å². The van der Waals surface area contributed by atoms with Gasteiger partial charge in [0.2, 0.25) is 0 Å². The molecule has 1 aromatic heterocycles. The van der Waals surface area contributed by atoms with Crippen molar-refractivity contribution in [1.29, 1.82) is 0 Å². The average molecular weight is 478 g/mol. The van der Waals surface area contributed by atoms with E-state index in [4.69, 9.17) is 9.26 Å². The number of fused-ring (bicyclic) bond motifs is 3. The van der Waals surface area contributed by atoms with E-state index in [-0.39, 0.29) is 36.2 Å². The van der Waals surface area contributed by atoms with Crippen molar-refractivity contribution in [3.8, 4) is 11.1 Å². The maximum Gasteiger partial charge on any atom is 0.407 e. The molecular formula is C26H27N3O6. The Morgan fingerprint density at radius 1 is 1.09 bits per heavy atom. The molecule has 0 saturated carbocycles. The zero-order valence-electron chi connectivity index (χ0n) is 19.5. The third kappa shape index (κ3) is 5.03. The van der Waals surface area contributed by atoms with Crippen molar-refractivity contribution in [3.05, 3.63) is 77.2 Å². The standard InChI is InChI=1S/C26H27N3O6/c1-3-15(2)23(25(31)32)28-24(30)21-14-35-29-22(21)12-27-26(33)34-13-20-18-10-6-4-8-16(18)17-9-5-7-11-19(17)20/h4-11,14-15,20,23H,3,12-13H2,1-2H3,(H,27,33)(H,28,30)(H,31,32)/t15-,23-/m0/s1. The van der Waals surface area contributed by atoms with Crippen molar-refractivity contribution in [1.82, 2.24) is 15.8 Å². The third-order valence-corrected chi connectivity index (χ3v) is 6.40. The number of carboxylic acid groups (broad SMARTS) is 1. The summed E-state index contributed by atoms with van der Waals surface area (Å²) in [6, 6.07) is 15.0. The predicted molar refractivity (Wildman–Crippen MR) is 127 cm³/mol. The lowest BCUT2D eigenvalue weighted by atomic mass is 9.98. The Hall–Kier alpha value is -4.14. The van der Waals surface area contributed by atoms with E-state index in [0.717, 1.165) is 28.5 Å². The van der Waals surface area contributed by atoms with Crippen LogP contribution >= 0.6 is 0 Å². The fraction of sp³-hybridized carbons (Fsp3) is 0.308. The van der Waals surface area contributed by atoms with Crippen LogP contribution in [-0.4, -0.2) is 40.9 Å². The number of hydrogen-bond donors (Lipinski definition) is 3. The first-order valence-corrected chi connectivity index (χ1v) is 11.5. The normalized spacial score (nSPS) is 13.9. The maximum absolute atomic E-state index is 12.6. The van der Waals surface area contributed by atoms with Crippen LogP contribution in [0.5, 0.6) is 0 Å². The number of benzene rings is 2. The summed E-state index contributed by atoms with van der Waals surface area (Å²) in [6.45, 7) is 3.63. The van der Waals surface area contributed by atoms with Gasteiger partial charge in [0.1, 0.15) is 30.2 Å². The summed E-state index contributed by atoms with van der Waals surface area (Å²) in [5.41, 5.74) is 4.69. The topological polar surface area (TPSA) is 131 Å². The summed E-state index contributed by atoms with van der Waals surface area (Å²) in [4.78, 5) is 36.6. The van der Waals surface area contributed by atoms with E-state index in [2.05, 4.69) is 27.9 Å². The molecule has 35 heavy (non-hydrogen) atoms. The second-order valence-electron chi connectivity index (χ2n) is 8.53. The van der Waals surface area contributed by atoms with Gasteiger partial charge in [0.05, 0.1) is 6.54 Å². The number of ether oxygens (including phenoxy) is 1. The highest BCUT2D eigenvalue weighted by Crippen LogP contribution is 2.44. The van der Waals surface area contributed by atoms with E-state index in [1.54, 1.807) is 6.92 Å². The monoisotopic (exact) mass is 477 g/mol. The Bertz CT molecular complexity index is 1190. The van der Waals surface area contributed by atoms with E-state index in [1.807, 2.05) is 43.3 Å². The number of aliphatic carboxylic acids is 1. The number of nitrogens with one attached hydrogen (secondary N) is 2. The van der Waals surface area contributed by atoms with Gasteiger partial charge in [-0.3, -0.25) is 4.79 Å². The van der Waals surface area contributed by atoms with Gasteiger partial charge >= 0.3 is 12.1 Å². The van der Waals surface area contributed by atoms with E-state index in [0.29, 0.717) is 6.42 Å². The Labute approximate surface area is 202 Å². The molecule has 1 aliphatic rings. The summed E-state index contributed by atoms with van der Waals surface area (Å²) >= 11 is 0. The molecule has 1 aliphatic carbocycles. The average Bonchev–Trinajstić information content (AvgIpc) is 3.47. The Kier molecular flexibility index (Phi) is 7.14. The smallest absolute Gasteiger partial charge is 0.407 e. The molecule has 4 rings (SSSR count). The number of amides is 2. The van der Waals surface area contributed by atoms with Crippen LogP contribution in [0.4, 0.5) is 4.79 Å². The van der Waals surface area contributed by atoms with Crippen LogP contribution in [-0.2, 0) is 16.1 Å². The van der Waals surface area contributed by atoms with Gasteiger partial charge in [-0.05, 0) is 28.2 Å². The van der Waals surface area contributed by atoms with E-state index < -0.39 is 24.0 Å². The van der Waals surface area contributed by atoms with Gasteiger partial charge in [0.15, 0.2) is 0 Å². The molecule has 0 fully saturated rings. The Morgan fingerprint density at radius 3 is 2.31 bits per heavy atom. The number of carboxylic acids is 1. The van der Waals surface area contributed by atoms with Gasteiger partial charge in [0.25, 0.3) is 5.91 Å². The lowest BCUT2D eigenvalue weighted by molar-refractivity contribution is -0.140. The summed E-state index contributed by atoms with van der Waals surface area (Å²) in [5.74, 6) is -2.10. The highest BCUT2D eigenvalue weighted by molar-refractivity contribution is 5.97. The minimum absolute atomic E-state index is 0.0542. The molecule has 2 amide bonds. The van der Waals surface area contributed by atoms with Crippen LogP contribution in [0.15, 0.2) is 59.3 Å². The van der Waals surface area contributed by atoms with E-state index in [1.165, 1.54) is 0 Å². The molecule has 9 nitrogen and oxygen atoms in total. The van der Waals surface area contributed by atoms with Crippen molar-refractivity contribution in [2.24, 2.45) is 5.92 Å². The molecule has 0 unspecified atom stereocenters. The van der Waals surface area contributed by atoms with Crippen LogP contribution in [0.25, 0.3) is 11.1 Å². The highest BCUT2D eigenvalue weighted by Gasteiger charge is 2.30. The second-order valence-corrected chi connectivity index (χ2v) is 8.53. The maximum atomic E-state index is 12.6. The van der Waals surface area contributed by atoms with E-state index >= 15 is 0 Å². The third-order valence-electron chi connectivity index (χ3n) is 6.40. The van der Waals surface area contributed by atoms with Crippen LogP contribution < -0.4 is 10.6 Å². The molecule has 3 aromatic rings. The van der Waals surface area contributed by atoms with Gasteiger partial charge in [-0.1, -0.05) is 74.0 Å². The molecular weight excluding hydrogens is 450 g/mol. The minimum atomic E-state index is -1.12. The quantitative estimate of drug-likeness (QED) is 0.425. The summed E-state index contributed by atoms with van der Waals surface area (Å²) < 4.78 is 10.4. The van der Waals surface area contributed by atoms with Gasteiger partial charge in [-0.15, -0.1) is 0 Å². The molecule has 0 saturated heterocycles. The SMILES string of the molecule is CC[C@H](C)[C@H](NC(=O)c1conc1CNC(=O)OCC1c2ccccc2-c2ccccc21)C(=O)O. The van der Waals surface area contributed by atoms with Gasteiger partial charge in [0, 0.05) is 5.92 Å². The highest BCUT2D eigenvalue weighted by atomic mass is 16.5. The minimum Gasteiger partial charge on any atom is -0.480 e. The number of hydrogen-bond acceptors (Lipinski definition) is 6. The number of rotatable bonds is 9. The van der Waals surface area contributed by atoms with Crippen molar-refractivity contribution >= 4 is 18.0 Å². The first-order valence-electron chi connectivity index (χ1n) is 11.5. The van der Waals surface area contributed by atoms with Crippen LogP contribution in [0.3, 0.4) is 0 Å². The molecule has 0 spiro atoms. The first-order chi connectivity index (χ1) is 16.9. The number of carbonyl (C=O) groups is 3. The number of alkyl carbamates (subject to hydrolysis) is 1. The molecule has 2 aromatic carbocycles. The van der Waals surface area contributed by atoms with Crippen LogP contribution in [0.1, 0.15) is 53.4 Å². The molecule has 3 N–H and O–H groups in total. The molecule has 0 aliphatic heterocycles. The molecule has 9 heteroatoms. The summed E-state index contributed by atoms with van der Waals surface area (Å²) in [6.07, 6.45) is 1.04. The largest absolute Gasteiger partial charge is 0.480 e. The number of nitrogens with zero attached hydrogens (tertiary/aromatic N) is 1. The number of carbonyl (C=O) groups excluding carboxylic acids is 2. The Balaban J connectivity index is 1.36. The Morgan fingerprint density at radius 2 is 1.71 bits per heavy atom. The lowest BCUT2D eigenvalue weighted by Crippen LogP contribution is -2.45. The fourth-order valence-electron chi connectivity index (χ4n) is 4.28. The lowest BCUT2D eigenvalue weighted by Gasteiger charge is -2.19. The van der Waals surface area contributed by atoms with Crippen LogP contribution in [0.2, 0.25) is 0 Å². The zero-order valence-corrected chi connectivity index (χ0v) is 19.5. The van der Waals surface area contributed by atoms with Gasteiger partial charge in [-0.2, -0.15) is 0 Å². The van der Waals surface area contributed by atoms with Crippen molar-refractivity contribution < 1.29 is 28.8 Å². The fourth-order valence-corrected chi connectivity index (χ4v) is 4.28. The first kappa shape index (κ1) is 24.0. The number of aromatic nitrogens is 1. The summed E-state index contributed by atoms with van der Waals surface area (Å²) in [7, 11) is 0. The summed E-state index contributed by atoms with van der Waals surface area (Å²) in [5, 5.41) is 18.3. The van der Waals surface area contributed by atoms with E-state index in [9.17, 15) is 19.5 Å². The van der Waals surface area contributed by atoms with Crippen molar-refractivity contribution in [2.75, 3.05) is 6.61 Å². The van der Waals surface area contributed by atoms with Crippen molar-refractivity contribution in [2.45, 2.75) is 38.8 Å². The molecule has 1 heterocycles. The van der Waals surface area contributed by atoms with Crippen LogP contribution in [0, 0.1) is 5.92 Å². The predicted octanol–water partition coefficient (Wildman–Crippen LogP) is 3.94. The molecule has 182 valence electrons. The second kappa shape index (κ2) is 10.4. The molecule has 0 bridgehead atoms. The molecule has 2 atom stereocenters. The zero-order chi connectivity index (χ0) is 24.9. The van der Waals surface area contributed by atoms with Gasteiger partial charge in [-0.25, -0.2) is 9.59 Å². The van der Waals surface area contributed by atoms with Gasteiger partial charge < -0.3 is 25.0 Å².